The van der Waals surface area contributed by atoms with Crippen molar-refractivity contribution in [2.75, 3.05) is 12.3 Å². The quantitative estimate of drug-likeness (QED) is 0.693. The molecule has 2 rings (SSSR count). The van der Waals surface area contributed by atoms with E-state index in [1.54, 1.807) is 0 Å². The molecule has 2 atom stereocenters. The second-order valence-electron chi connectivity index (χ2n) is 5.92. The number of hydrogen-bond donors (Lipinski definition) is 0. The number of carbonyl (C=O) groups excluding carboxylic acids is 1. The molecule has 1 heterocycles. The minimum atomic E-state index is -0.730. The first-order valence-corrected chi connectivity index (χ1v) is 8.49. The molecular weight excluding hydrogens is 256 g/mol. The van der Waals surface area contributed by atoms with E-state index in [1.807, 2.05) is 16.7 Å². The molecule has 0 radical (unpaired) electrons. The first kappa shape index (κ1) is 14.7. The molecule has 0 aromatic rings. The first-order valence-electron chi connectivity index (χ1n) is 7.45. The molecule has 0 bridgehead atoms. The fraction of sp³-hybridized carbons (Fsp3) is 0.867. The van der Waals surface area contributed by atoms with Gasteiger partial charge in [0.15, 0.2) is 0 Å². The highest BCUT2D eigenvalue weighted by atomic mass is 32.2. The lowest BCUT2D eigenvalue weighted by Crippen LogP contribution is -2.53. The van der Waals surface area contributed by atoms with Crippen molar-refractivity contribution in [1.82, 2.24) is 4.90 Å². The van der Waals surface area contributed by atoms with Gasteiger partial charge in [-0.2, -0.15) is 17.0 Å². The number of nitriles is 1. The van der Waals surface area contributed by atoms with E-state index < -0.39 is 5.41 Å². The number of carbonyl (C=O) groups is 1. The fourth-order valence-corrected chi connectivity index (χ4v) is 4.30. The van der Waals surface area contributed by atoms with Crippen LogP contribution >= 0.6 is 11.8 Å². The third-order valence-electron chi connectivity index (χ3n) is 4.73. The van der Waals surface area contributed by atoms with Crippen molar-refractivity contribution in [3.05, 3.63) is 0 Å². The molecule has 0 N–H and O–H groups in total. The fourth-order valence-electron chi connectivity index (χ4n) is 3.20. The summed E-state index contributed by atoms with van der Waals surface area (Å²) in [5.41, 5.74) is -0.730. The molecule has 1 amide bonds. The number of thioether (sulfide) groups is 1. The van der Waals surface area contributed by atoms with Gasteiger partial charge in [0.2, 0.25) is 5.91 Å². The molecule has 4 heteroatoms. The molecule has 3 nitrogen and oxygen atoms in total. The Morgan fingerprint density at radius 1 is 1.26 bits per heavy atom. The van der Waals surface area contributed by atoms with E-state index in [0.29, 0.717) is 5.25 Å². The summed E-state index contributed by atoms with van der Waals surface area (Å²) in [5, 5.41) is 10.1. The molecule has 1 aliphatic carbocycles. The first-order chi connectivity index (χ1) is 9.10. The summed E-state index contributed by atoms with van der Waals surface area (Å²) in [6.07, 6.45) is 5.88. The molecule has 2 aliphatic rings. The van der Waals surface area contributed by atoms with Crippen LogP contribution in [0.2, 0.25) is 0 Å². The zero-order chi connectivity index (χ0) is 13.9. The summed E-state index contributed by atoms with van der Waals surface area (Å²) in [5.74, 6) is 1.11. The van der Waals surface area contributed by atoms with Crippen LogP contribution in [0.4, 0.5) is 0 Å². The number of amides is 1. The molecule has 2 fully saturated rings. The van der Waals surface area contributed by atoms with Crippen LogP contribution in [0.1, 0.15) is 52.4 Å². The lowest BCUT2D eigenvalue weighted by Gasteiger charge is -2.41. The van der Waals surface area contributed by atoms with Gasteiger partial charge in [0.05, 0.1) is 6.07 Å². The van der Waals surface area contributed by atoms with Crippen LogP contribution in [0.25, 0.3) is 0 Å². The van der Waals surface area contributed by atoms with Gasteiger partial charge in [-0.1, -0.05) is 32.6 Å². The molecule has 1 saturated carbocycles. The largest absolute Gasteiger partial charge is 0.337 e. The third kappa shape index (κ3) is 2.91. The van der Waals surface area contributed by atoms with Crippen molar-refractivity contribution in [3.63, 3.8) is 0 Å². The van der Waals surface area contributed by atoms with E-state index in [4.69, 9.17) is 0 Å². The standard InChI is InChI=1S/C15H24N2OS/c1-12-13(2)19-10-9-17(12)14(18)15(11-16)7-5-3-4-6-8-15/h12-13H,3-10H2,1-2H3. The van der Waals surface area contributed by atoms with Crippen LogP contribution in [0.15, 0.2) is 0 Å². The third-order valence-corrected chi connectivity index (χ3v) is 6.06. The Morgan fingerprint density at radius 2 is 1.89 bits per heavy atom. The normalized spacial score (nSPS) is 31.3. The van der Waals surface area contributed by atoms with E-state index in [0.717, 1.165) is 38.0 Å². The van der Waals surface area contributed by atoms with Crippen molar-refractivity contribution in [3.8, 4) is 6.07 Å². The molecular formula is C15H24N2OS. The highest BCUT2D eigenvalue weighted by Crippen LogP contribution is 2.38. The topological polar surface area (TPSA) is 44.1 Å². The van der Waals surface area contributed by atoms with Crippen LogP contribution in [-0.4, -0.2) is 34.4 Å². The van der Waals surface area contributed by atoms with E-state index >= 15 is 0 Å². The predicted molar refractivity (Wildman–Crippen MR) is 78.8 cm³/mol. The van der Waals surface area contributed by atoms with Crippen molar-refractivity contribution in [1.29, 1.82) is 5.26 Å². The zero-order valence-electron chi connectivity index (χ0n) is 12.0. The summed E-state index contributed by atoms with van der Waals surface area (Å²) in [4.78, 5) is 14.9. The molecule has 0 aromatic carbocycles. The number of nitrogens with zero attached hydrogens (tertiary/aromatic N) is 2. The van der Waals surface area contributed by atoms with Crippen molar-refractivity contribution in [2.45, 2.75) is 63.7 Å². The van der Waals surface area contributed by atoms with E-state index in [-0.39, 0.29) is 11.9 Å². The molecule has 0 spiro atoms. The van der Waals surface area contributed by atoms with Crippen molar-refractivity contribution < 1.29 is 4.79 Å². The maximum atomic E-state index is 12.9. The monoisotopic (exact) mass is 280 g/mol. The van der Waals surface area contributed by atoms with Gasteiger partial charge in [0.1, 0.15) is 5.41 Å². The van der Waals surface area contributed by atoms with Gasteiger partial charge in [-0.3, -0.25) is 4.79 Å². The van der Waals surface area contributed by atoms with Crippen LogP contribution < -0.4 is 0 Å². The zero-order valence-corrected chi connectivity index (χ0v) is 12.8. The molecule has 1 aliphatic heterocycles. The molecule has 106 valence electrons. The van der Waals surface area contributed by atoms with Gasteiger partial charge < -0.3 is 4.90 Å². The molecule has 1 saturated heterocycles. The Kier molecular flexibility index (Phi) is 4.78. The van der Waals surface area contributed by atoms with Gasteiger partial charge in [0.25, 0.3) is 0 Å². The minimum Gasteiger partial charge on any atom is -0.337 e. The van der Waals surface area contributed by atoms with Gasteiger partial charge in [-0.05, 0) is 19.8 Å². The van der Waals surface area contributed by atoms with Crippen LogP contribution in [0.3, 0.4) is 0 Å². The van der Waals surface area contributed by atoms with Gasteiger partial charge in [0, 0.05) is 23.6 Å². The maximum absolute atomic E-state index is 12.9. The number of rotatable bonds is 1. The van der Waals surface area contributed by atoms with Crippen LogP contribution in [-0.2, 0) is 4.79 Å². The summed E-state index contributed by atoms with van der Waals surface area (Å²) in [6.45, 7) is 5.11. The Labute approximate surface area is 120 Å². The Balaban J connectivity index is 2.18. The van der Waals surface area contributed by atoms with Gasteiger partial charge in [-0.25, -0.2) is 0 Å². The van der Waals surface area contributed by atoms with E-state index in [9.17, 15) is 10.1 Å². The summed E-state index contributed by atoms with van der Waals surface area (Å²) < 4.78 is 0. The number of hydrogen-bond acceptors (Lipinski definition) is 3. The van der Waals surface area contributed by atoms with Crippen LogP contribution in [0, 0.1) is 16.7 Å². The highest BCUT2D eigenvalue weighted by molar-refractivity contribution is 8.00. The van der Waals surface area contributed by atoms with Crippen LogP contribution in [0.5, 0.6) is 0 Å². The second-order valence-corrected chi connectivity index (χ2v) is 7.41. The predicted octanol–water partition coefficient (Wildman–Crippen LogP) is 3.20. The summed E-state index contributed by atoms with van der Waals surface area (Å²) >= 11 is 1.93. The lowest BCUT2D eigenvalue weighted by atomic mass is 9.80. The second kappa shape index (κ2) is 6.17. The maximum Gasteiger partial charge on any atom is 0.243 e. The Hall–Kier alpha value is -0.690. The van der Waals surface area contributed by atoms with E-state index in [2.05, 4.69) is 19.9 Å². The minimum absolute atomic E-state index is 0.108. The van der Waals surface area contributed by atoms with Gasteiger partial charge >= 0.3 is 0 Å². The molecule has 19 heavy (non-hydrogen) atoms. The van der Waals surface area contributed by atoms with Gasteiger partial charge in [-0.15, -0.1) is 0 Å². The average molecular weight is 280 g/mol. The smallest absolute Gasteiger partial charge is 0.243 e. The Bertz CT molecular complexity index is 369. The Morgan fingerprint density at radius 3 is 2.47 bits per heavy atom. The lowest BCUT2D eigenvalue weighted by molar-refractivity contribution is -0.141. The van der Waals surface area contributed by atoms with E-state index in [1.165, 1.54) is 12.8 Å². The van der Waals surface area contributed by atoms with Crippen molar-refractivity contribution >= 4 is 17.7 Å². The molecule has 2 unspecified atom stereocenters. The summed E-state index contributed by atoms with van der Waals surface area (Å²) in [6, 6.07) is 2.64. The highest BCUT2D eigenvalue weighted by Gasteiger charge is 2.44. The molecule has 0 aromatic heterocycles. The summed E-state index contributed by atoms with van der Waals surface area (Å²) in [7, 11) is 0. The SMILES string of the molecule is CC1SCCN(C(=O)C2(C#N)CCCCCC2)C1C. The van der Waals surface area contributed by atoms with Crippen molar-refractivity contribution in [2.24, 2.45) is 5.41 Å². The average Bonchev–Trinajstić information content (AvgIpc) is 2.67.